The summed E-state index contributed by atoms with van der Waals surface area (Å²) in [5.74, 6) is 0.559. The molecule has 0 aromatic heterocycles. The molecule has 2 radical (unpaired) electrons. The smallest absolute Gasteiger partial charge is 0.418 e. The maximum Gasteiger partial charge on any atom is 0.423 e. The van der Waals surface area contributed by atoms with E-state index < -0.39 is 0 Å². The topological polar surface area (TPSA) is 46.2 Å². The Morgan fingerprint density at radius 3 is 2.58 bits per heavy atom. The van der Waals surface area contributed by atoms with Gasteiger partial charge in [0.15, 0.2) is 5.75 Å². The van der Waals surface area contributed by atoms with E-state index in [1.165, 1.54) is 17.6 Å². The molecule has 0 heterocycles. The molecule has 1 aromatic rings. The van der Waals surface area contributed by atoms with Crippen LogP contribution in [0.4, 0.5) is 0 Å². The number of rotatable bonds is 4. The first-order valence-corrected chi connectivity index (χ1v) is 6.06. The number of allylic oxidation sites excluding steroid dienone is 5. The molecule has 19 heavy (non-hydrogen) atoms. The lowest BCUT2D eigenvalue weighted by Gasteiger charge is -2.11. The number of carbonyl (C=O) groups excluding carboxylic acids is 1. The highest BCUT2D eigenvalue weighted by atomic mass is 16.5. The molecular formula is C16H14O3. The Morgan fingerprint density at radius 2 is 2.00 bits per heavy atom. The third kappa shape index (κ3) is 3.58. The van der Waals surface area contributed by atoms with Crippen LogP contribution in [-0.2, 0) is 21.1 Å². The Balaban J connectivity index is 2.06. The van der Waals surface area contributed by atoms with Gasteiger partial charge in [0.2, 0.25) is 0 Å². The summed E-state index contributed by atoms with van der Waals surface area (Å²) in [4.78, 5) is 10.1. The van der Waals surface area contributed by atoms with Crippen molar-refractivity contribution in [1.29, 1.82) is 0 Å². The summed E-state index contributed by atoms with van der Waals surface area (Å²) >= 11 is 0. The molecule has 0 saturated heterocycles. The highest BCUT2D eigenvalue weighted by Gasteiger charge is 2.06. The summed E-state index contributed by atoms with van der Waals surface area (Å²) in [6.07, 6.45) is 7.10. The van der Waals surface area contributed by atoms with Gasteiger partial charge in [0, 0.05) is 0 Å². The van der Waals surface area contributed by atoms with Crippen LogP contribution in [0.1, 0.15) is 18.9 Å². The van der Waals surface area contributed by atoms with Crippen LogP contribution in [0.2, 0.25) is 0 Å². The largest absolute Gasteiger partial charge is 0.423 e. The molecule has 0 saturated carbocycles. The first kappa shape index (κ1) is 13.1. The van der Waals surface area contributed by atoms with Gasteiger partial charge in [0.05, 0.1) is 0 Å². The van der Waals surface area contributed by atoms with Gasteiger partial charge in [0.25, 0.3) is 0 Å². The van der Waals surface area contributed by atoms with E-state index in [1.54, 1.807) is 18.2 Å². The van der Waals surface area contributed by atoms with Crippen LogP contribution in [0, 0.1) is 0 Å². The van der Waals surface area contributed by atoms with Crippen molar-refractivity contribution in [2.75, 3.05) is 0 Å². The van der Waals surface area contributed by atoms with Crippen molar-refractivity contribution in [3.63, 3.8) is 0 Å². The number of ether oxygens (including phenoxy) is 1. The molecule has 96 valence electrons. The molecule has 0 aliphatic heterocycles. The molecule has 1 aromatic carbocycles. The van der Waals surface area contributed by atoms with Crippen LogP contribution >= 0.6 is 0 Å². The Labute approximate surface area is 112 Å². The van der Waals surface area contributed by atoms with E-state index in [2.05, 4.69) is 11.7 Å². The fraction of sp³-hybridized carbons (Fsp3) is 0.188. The van der Waals surface area contributed by atoms with Crippen LogP contribution in [0.15, 0.2) is 59.4 Å². The number of hydrogen-bond acceptors (Lipinski definition) is 2. The fourth-order valence-electron chi connectivity index (χ4n) is 2.00. The summed E-state index contributed by atoms with van der Waals surface area (Å²) < 4.78 is 4.65. The standard InChI is InChI=1S/C16H14O3/c1-12(10-13-2-6-15(18)7-3-13)14-4-8-16(9-5-14)19-11-17/h2-4,6-9H,5,10H2,1H3. The minimum atomic E-state index is 0.0291. The van der Waals surface area contributed by atoms with Crippen LogP contribution in [0.3, 0.4) is 0 Å². The second-order valence-electron chi connectivity index (χ2n) is 4.46. The molecule has 0 unspecified atom stereocenters. The molecule has 3 nitrogen and oxygen atoms in total. The molecule has 0 fully saturated rings. The van der Waals surface area contributed by atoms with E-state index >= 15 is 0 Å². The second kappa shape index (κ2) is 6.05. The highest BCUT2D eigenvalue weighted by molar-refractivity contribution is 5.45. The SMILES string of the molecule is CC(Cc1ccc([O])cc1)=C1C=CC(O[C]=O)=CC1. The fourth-order valence-corrected chi connectivity index (χ4v) is 2.00. The first-order chi connectivity index (χ1) is 9.19. The second-order valence-corrected chi connectivity index (χ2v) is 4.46. The highest BCUT2D eigenvalue weighted by Crippen LogP contribution is 2.22. The number of benzene rings is 1. The molecule has 0 atom stereocenters. The maximum atomic E-state index is 11.0. The summed E-state index contributed by atoms with van der Waals surface area (Å²) in [5, 5.41) is 11.0. The Kier molecular flexibility index (Phi) is 4.18. The molecule has 0 bridgehead atoms. The zero-order chi connectivity index (χ0) is 13.7. The van der Waals surface area contributed by atoms with Gasteiger partial charge in [-0.15, -0.1) is 0 Å². The third-order valence-corrected chi connectivity index (χ3v) is 3.07. The van der Waals surface area contributed by atoms with Crippen molar-refractivity contribution in [2.24, 2.45) is 0 Å². The molecule has 0 N–H and O–H groups in total. The van der Waals surface area contributed by atoms with Gasteiger partial charge in [-0.25, -0.2) is 4.79 Å². The molecule has 0 spiro atoms. The van der Waals surface area contributed by atoms with Crippen molar-refractivity contribution >= 4 is 6.47 Å². The zero-order valence-electron chi connectivity index (χ0n) is 10.7. The monoisotopic (exact) mass is 254 g/mol. The molecule has 2 rings (SSSR count). The van der Waals surface area contributed by atoms with Crippen LogP contribution in [0.25, 0.3) is 0 Å². The molecule has 3 heteroatoms. The lowest BCUT2D eigenvalue weighted by molar-refractivity contribution is 0.355. The minimum Gasteiger partial charge on any atom is -0.418 e. The predicted molar refractivity (Wildman–Crippen MR) is 71.6 cm³/mol. The van der Waals surface area contributed by atoms with Gasteiger partial charge in [0.1, 0.15) is 5.76 Å². The van der Waals surface area contributed by atoms with Gasteiger partial charge in [-0.1, -0.05) is 23.8 Å². The van der Waals surface area contributed by atoms with Crippen molar-refractivity contribution in [3.05, 3.63) is 65.0 Å². The van der Waals surface area contributed by atoms with Crippen molar-refractivity contribution in [2.45, 2.75) is 19.8 Å². The average Bonchev–Trinajstić information content (AvgIpc) is 2.42. The summed E-state index contributed by atoms with van der Waals surface area (Å²) in [6, 6.07) is 6.86. The maximum absolute atomic E-state index is 11.0. The lowest BCUT2D eigenvalue weighted by Crippen LogP contribution is -1.96. The van der Waals surface area contributed by atoms with Gasteiger partial charge in [-0.05, 0) is 55.2 Å². The minimum absolute atomic E-state index is 0.0291. The van der Waals surface area contributed by atoms with Crippen LogP contribution in [-0.4, -0.2) is 6.47 Å². The predicted octanol–water partition coefficient (Wildman–Crippen LogP) is 3.62. The van der Waals surface area contributed by atoms with Gasteiger partial charge in [-0.3, -0.25) is 5.11 Å². The van der Waals surface area contributed by atoms with Gasteiger partial charge in [-0.2, -0.15) is 0 Å². The van der Waals surface area contributed by atoms with Crippen molar-refractivity contribution in [3.8, 4) is 5.75 Å². The van der Waals surface area contributed by atoms with E-state index in [1.807, 2.05) is 24.3 Å². The Morgan fingerprint density at radius 1 is 1.26 bits per heavy atom. The summed E-state index contributed by atoms with van der Waals surface area (Å²) in [5.41, 5.74) is 3.55. The van der Waals surface area contributed by atoms with Crippen molar-refractivity contribution < 1.29 is 14.6 Å². The first-order valence-electron chi connectivity index (χ1n) is 6.06. The summed E-state index contributed by atoms with van der Waals surface area (Å²) in [6.45, 7) is 3.48. The van der Waals surface area contributed by atoms with E-state index in [0.29, 0.717) is 5.76 Å². The Hall–Kier alpha value is -2.29. The zero-order valence-corrected chi connectivity index (χ0v) is 10.7. The van der Waals surface area contributed by atoms with E-state index in [0.717, 1.165) is 18.4 Å². The van der Waals surface area contributed by atoms with Crippen LogP contribution in [0.5, 0.6) is 5.75 Å². The molecular weight excluding hydrogens is 240 g/mol. The van der Waals surface area contributed by atoms with Crippen molar-refractivity contribution in [1.82, 2.24) is 0 Å². The van der Waals surface area contributed by atoms with Gasteiger partial charge >= 0.3 is 6.47 Å². The Bertz CT molecular complexity index is 548. The molecule has 1 aliphatic carbocycles. The lowest BCUT2D eigenvalue weighted by atomic mass is 9.96. The van der Waals surface area contributed by atoms with E-state index in [-0.39, 0.29) is 5.75 Å². The molecule has 0 amide bonds. The summed E-state index contributed by atoms with van der Waals surface area (Å²) in [7, 11) is 0. The van der Waals surface area contributed by atoms with Gasteiger partial charge < -0.3 is 4.74 Å². The van der Waals surface area contributed by atoms with E-state index in [9.17, 15) is 9.90 Å². The third-order valence-electron chi connectivity index (χ3n) is 3.07. The number of hydrogen-bond donors (Lipinski definition) is 0. The molecule has 1 aliphatic rings. The average molecular weight is 254 g/mol. The quantitative estimate of drug-likeness (QED) is 0.823. The van der Waals surface area contributed by atoms with Crippen LogP contribution < -0.4 is 0 Å². The van der Waals surface area contributed by atoms with E-state index in [4.69, 9.17) is 0 Å². The normalized spacial score (nSPS) is 16.8.